The quantitative estimate of drug-likeness (QED) is 0.0213. The average molecular weight is 859 g/mol. The first-order chi connectivity index (χ1) is 29.0. The zero-order valence-electron chi connectivity index (χ0n) is 38.4. The standard InChI is InChI=1S/C50H84NO8P/c1-6-8-10-12-14-16-18-19-20-21-22-23-24-25-26-27-28-29-30-31-33-35-37-39-41-43-50(53)59-48(47-58-60(54,55)57-45-44-51(3,4)5)46-56-49(52)42-40-38-36-34-32-17-15-13-11-9-7-2/h8,10,13-16,19-20,22-23,25-26,28-29,31,33,48H,6-7,9,11-12,17-18,21,24,27,30,32,34-47H2,1-5H3/p+1/b10-8-,15-13-,16-14-,20-19-,23-22-,26-25-,29-28-,33-31-. The molecule has 0 spiro atoms. The molecule has 1 N–H and O–H groups in total. The van der Waals surface area contributed by atoms with Crippen LogP contribution in [-0.2, 0) is 32.7 Å². The average Bonchev–Trinajstić information content (AvgIpc) is 3.20. The number of likely N-dealkylation sites (N-methyl/N-ethyl adjacent to an activating group) is 1. The molecule has 0 radical (unpaired) electrons. The van der Waals surface area contributed by atoms with Gasteiger partial charge in [0.25, 0.3) is 0 Å². The molecule has 0 bridgehead atoms. The van der Waals surface area contributed by atoms with Crippen LogP contribution in [0.3, 0.4) is 0 Å². The van der Waals surface area contributed by atoms with Crippen molar-refractivity contribution in [2.75, 3.05) is 47.5 Å². The van der Waals surface area contributed by atoms with Crippen molar-refractivity contribution < 1.29 is 42.1 Å². The van der Waals surface area contributed by atoms with Gasteiger partial charge in [-0.15, -0.1) is 0 Å². The summed E-state index contributed by atoms with van der Waals surface area (Å²) in [6, 6.07) is 0. The lowest BCUT2D eigenvalue weighted by atomic mass is 10.1. The summed E-state index contributed by atoms with van der Waals surface area (Å²) in [5.41, 5.74) is 0. The zero-order chi connectivity index (χ0) is 44.3. The smallest absolute Gasteiger partial charge is 0.462 e. The Morgan fingerprint density at radius 2 is 0.950 bits per heavy atom. The number of carbonyl (C=O) groups excluding carboxylic acids is 2. The Labute approximate surface area is 366 Å². The second-order valence-electron chi connectivity index (χ2n) is 16.0. The molecule has 0 aromatic rings. The topological polar surface area (TPSA) is 108 Å². The van der Waals surface area contributed by atoms with Crippen LogP contribution in [0.15, 0.2) is 97.2 Å². The number of unbranched alkanes of at least 4 members (excludes halogenated alkanes) is 10. The summed E-state index contributed by atoms with van der Waals surface area (Å²) in [6.07, 6.45) is 54.6. The highest BCUT2D eigenvalue weighted by Gasteiger charge is 2.27. The molecule has 0 aliphatic carbocycles. The summed E-state index contributed by atoms with van der Waals surface area (Å²) in [4.78, 5) is 35.3. The molecular formula is C50H85NO8P+. The van der Waals surface area contributed by atoms with E-state index in [0.29, 0.717) is 17.4 Å². The molecule has 60 heavy (non-hydrogen) atoms. The Morgan fingerprint density at radius 3 is 1.45 bits per heavy atom. The minimum atomic E-state index is -4.39. The zero-order valence-corrected chi connectivity index (χ0v) is 39.3. The third-order valence-corrected chi connectivity index (χ3v) is 10.1. The van der Waals surface area contributed by atoms with Gasteiger partial charge in [0.15, 0.2) is 6.10 Å². The number of phosphoric ester groups is 1. The summed E-state index contributed by atoms with van der Waals surface area (Å²) < 4.78 is 34.2. The van der Waals surface area contributed by atoms with E-state index < -0.39 is 32.5 Å². The lowest BCUT2D eigenvalue weighted by Crippen LogP contribution is -2.37. The molecule has 9 nitrogen and oxygen atoms in total. The van der Waals surface area contributed by atoms with Gasteiger partial charge in [0.1, 0.15) is 19.8 Å². The maximum atomic E-state index is 12.7. The van der Waals surface area contributed by atoms with E-state index in [1.807, 2.05) is 21.1 Å². The highest BCUT2D eigenvalue weighted by atomic mass is 31.2. The molecule has 2 unspecified atom stereocenters. The molecule has 0 aliphatic rings. The summed E-state index contributed by atoms with van der Waals surface area (Å²) in [5.74, 6) is -0.859. The Kier molecular flexibility index (Phi) is 39.2. The van der Waals surface area contributed by atoms with Crippen LogP contribution in [0.25, 0.3) is 0 Å². The van der Waals surface area contributed by atoms with E-state index in [-0.39, 0.29) is 26.1 Å². The van der Waals surface area contributed by atoms with E-state index >= 15 is 0 Å². The number of quaternary nitrogens is 1. The number of hydrogen-bond donors (Lipinski definition) is 1. The Balaban J connectivity index is 4.39. The Bertz CT molecular complexity index is 1340. The molecule has 0 amide bonds. The first kappa shape index (κ1) is 56.9. The number of hydrogen-bond acceptors (Lipinski definition) is 7. The summed E-state index contributed by atoms with van der Waals surface area (Å²) in [6.45, 7) is 4.19. The Hall–Kier alpha value is -3.07. The fourth-order valence-corrected chi connectivity index (χ4v) is 6.24. The van der Waals surface area contributed by atoms with E-state index in [1.54, 1.807) is 0 Å². The Morgan fingerprint density at radius 1 is 0.533 bits per heavy atom. The maximum Gasteiger partial charge on any atom is 0.472 e. The third-order valence-electron chi connectivity index (χ3n) is 9.10. The maximum absolute atomic E-state index is 12.7. The van der Waals surface area contributed by atoms with Gasteiger partial charge in [0.2, 0.25) is 0 Å². The van der Waals surface area contributed by atoms with E-state index in [0.717, 1.165) is 109 Å². The van der Waals surface area contributed by atoms with Crippen LogP contribution >= 0.6 is 7.82 Å². The highest BCUT2D eigenvalue weighted by Crippen LogP contribution is 2.43. The number of allylic oxidation sites excluding steroid dienone is 16. The molecule has 10 heteroatoms. The van der Waals surface area contributed by atoms with E-state index in [1.165, 1.54) is 12.8 Å². The van der Waals surface area contributed by atoms with Crippen molar-refractivity contribution >= 4 is 19.8 Å². The molecule has 2 atom stereocenters. The molecule has 0 saturated heterocycles. The lowest BCUT2D eigenvalue weighted by molar-refractivity contribution is -0.870. The van der Waals surface area contributed by atoms with Crippen molar-refractivity contribution in [2.45, 2.75) is 161 Å². The molecular weight excluding hydrogens is 774 g/mol. The number of ether oxygens (including phenoxy) is 2. The van der Waals surface area contributed by atoms with Crippen LogP contribution in [0.4, 0.5) is 0 Å². The van der Waals surface area contributed by atoms with Gasteiger partial charge < -0.3 is 18.9 Å². The molecule has 0 aliphatic heterocycles. The second-order valence-corrected chi connectivity index (χ2v) is 17.5. The SMILES string of the molecule is CC/C=C\C/C=C\C/C=C\C/C=C\C/C=C\C/C=C\C/C=C\CCCCCC(=O)OC(COC(=O)CCCCCCC/C=C\CCCC)COP(=O)(O)OCC[N+](C)(C)C. The number of esters is 2. The van der Waals surface area contributed by atoms with Crippen molar-refractivity contribution in [1.82, 2.24) is 0 Å². The molecule has 0 heterocycles. The number of phosphoric acid groups is 1. The molecule has 0 aromatic carbocycles. The molecule has 342 valence electrons. The van der Waals surface area contributed by atoms with Crippen LogP contribution < -0.4 is 0 Å². The van der Waals surface area contributed by atoms with Gasteiger partial charge >= 0.3 is 19.8 Å². The largest absolute Gasteiger partial charge is 0.472 e. The van der Waals surface area contributed by atoms with Crippen molar-refractivity contribution in [2.24, 2.45) is 0 Å². The first-order valence-electron chi connectivity index (χ1n) is 23.0. The van der Waals surface area contributed by atoms with Crippen LogP contribution in [-0.4, -0.2) is 74.9 Å². The fraction of sp³-hybridized carbons (Fsp3) is 0.640. The van der Waals surface area contributed by atoms with E-state index in [9.17, 15) is 19.0 Å². The normalized spacial score (nSPS) is 14.4. The summed E-state index contributed by atoms with van der Waals surface area (Å²) in [7, 11) is 1.43. The monoisotopic (exact) mass is 859 g/mol. The minimum Gasteiger partial charge on any atom is -0.462 e. The molecule has 0 fully saturated rings. The first-order valence-corrected chi connectivity index (χ1v) is 24.5. The van der Waals surface area contributed by atoms with Gasteiger partial charge in [-0.05, 0) is 89.9 Å². The van der Waals surface area contributed by atoms with Gasteiger partial charge in [0.05, 0.1) is 27.7 Å². The van der Waals surface area contributed by atoms with Crippen molar-refractivity contribution in [3.8, 4) is 0 Å². The van der Waals surface area contributed by atoms with Crippen molar-refractivity contribution in [3.63, 3.8) is 0 Å². The van der Waals surface area contributed by atoms with Crippen LogP contribution in [0, 0.1) is 0 Å². The lowest BCUT2D eigenvalue weighted by Gasteiger charge is -2.24. The predicted molar refractivity (Wildman–Crippen MR) is 252 cm³/mol. The van der Waals surface area contributed by atoms with E-state index in [2.05, 4.69) is 111 Å². The van der Waals surface area contributed by atoms with Crippen LogP contribution in [0.2, 0.25) is 0 Å². The molecule has 0 aromatic heterocycles. The summed E-state index contributed by atoms with van der Waals surface area (Å²) in [5, 5.41) is 0. The van der Waals surface area contributed by atoms with Crippen molar-refractivity contribution in [1.29, 1.82) is 0 Å². The summed E-state index contributed by atoms with van der Waals surface area (Å²) >= 11 is 0. The number of rotatable bonds is 40. The molecule has 0 saturated carbocycles. The van der Waals surface area contributed by atoms with Gasteiger partial charge in [-0.1, -0.05) is 150 Å². The van der Waals surface area contributed by atoms with Crippen LogP contribution in [0.1, 0.15) is 155 Å². The van der Waals surface area contributed by atoms with Crippen LogP contribution in [0.5, 0.6) is 0 Å². The fourth-order valence-electron chi connectivity index (χ4n) is 5.50. The van der Waals surface area contributed by atoms with Gasteiger partial charge in [-0.25, -0.2) is 4.57 Å². The van der Waals surface area contributed by atoms with Gasteiger partial charge in [-0.2, -0.15) is 0 Å². The predicted octanol–water partition coefficient (Wildman–Crippen LogP) is 13.4. The minimum absolute atomic E-state index is 0.0179. The highest BCUT2D eigenvalue weighted by molar-refractivity contribution is 7.47. The van der Waals surface area contributed by atoms with Gasteiger partial charge in [0, 0.05) is 12.8 Å². The van der Waals surface area contributed by atoms with E-state index in [4.69, 9.17) is 18.5 Å². The third kappa shape index (κ3) is 44.5. The second kappa shape index (κ2) is 41.3. The molecule has 0 rings (SSSR count). The number of carbonyl (C=O) groups is 2. The number of nitrogens with zero attached hydrogens (tertiary/aromatic N) is 1. The van der Waals surface area contributed by atoms with Crippen molar-refractivity contribution in [3.05, 3.63) is 97.2 Å². The van der Waals surface area contributed by atoms with Gasteiger partial charge in [-0.3, -0.25) is 18.6 Å².